The summed E-state index contributed by atoms with van der Waals surface area (Å²) < 4.78 is 74.5. The van der Waals surface area contributed by atoms with Crippen LogP contribution in [0, 0.1) is 0 Å². The molecule has 3 aromatic rings. The Morgan fingerprint density at radius 2 is 1.79 bits per heavy atom. The van der Waals surface area contributed by atoms with Crippen molar-refractivity contribution in [2.45, 2.75) is 37.8 Å². The fraction of sp³-hybridized carbons (Fsp3) is 0.542. The smallest absolute Gasteiger partial charge is 0.384 e. The molecule has 2 bridgehead atoms. The maximum absolute atomic E-state index is 13.9. The monoisotopic (exact) mass is 566 g/mol. The Morgan fingerprint density at radius 3 is 2.44 bits per heavy atom. The van der Waals surface area contributed by atoms with E-state index in [2.05, 4.69) is 24.9 Å². The fourth-order valence-electron chi connectivity index (χ4n) is 5.62. The molecule has 2 N–H and O–H groups in total. The summed E-state index contributed by atoms with van der Waals surface area (Å²) in [6, 6.07) is 2.75. The van der Waals surface area contributed by atoms with Gasteiger partial charge in [-0.3, -0.25) is 4.90 Å². The van der Waals surface area contributed by atoms with E-state index < -0.39 is 21.8 Å². The lowest BCUT2D eigenvalue weighted by atomic mass is 10.1. The van der Waals surface area contributed by atoms with Crippen LogP contribution in [0.5, 0.6) is 0 Å². The summed E-state index contributed by atoms with van der Waals surface area (Å²) in [6.07, 6.45) is 1.36. The molecule has 3 saturated heterocycles. The van der Waals surface area contributed by atoms with Crippen LogP contribution in [0.3, 0.4) is 0 Å². The predicted molar refractivity (Wildman–Crippen MR) is 137 cm³/mol. The van der Waals surface area contributed by atoms with E-state index in [4.69, 9.17) is 10.5 Å². The summed E-state index contributed by atoms with van der Waals surface area (Å²) in [7, 11) is -3.24. The molecule has 3 fully saturated rings. The number of fused-ring (bicyclic) bond motifs is 3. The first kappa shape index (κ1) is 26.2. The van der Waals surface area contributed by atoms with Crippen LogP contribution in [-0.2, 0) is 27.5 Å². The van der Waals surface area contributed by atoms with Crippen LogP contribution < -0.4 is 10.6 Å². The molecule has 0 aliphatic carbocycles. The summed E-state index contributed by atoms with van der Waals surface area (Å²) in [6.45, 7) is 3.67. The topological polar surface area (TPSA) is 122 Å². The Kier molecular flexibility index (Phi) is 6.44. The van der Waals surface area contributed by atoms with Crippen LogP contribution in [0.25, 0.3) is 16.9 Å². The van der Waals surface area contributed by atoms with Gasteiger partial charge in [-0.1, -0.05) is 0 Å². The molecule has 6 heterocycles. The molecule has 11 nitrogen and oxygen atoms in total. The van der Waals surface area contributed by atoms with Gasteiger partial charge in [0.2, 0.25) is 10.0 Å². The Labute approximate surface area is 223 Å². The van der Waals surface area contributed by atoms with Crippen molar-refractivity contribution in [2.75, 3.05) is 56.2 Å². The molecule has 39 heavy (non-hydrogen) atoms. The molecule has 3 aliphatic rings. The first-order valence-corrected chi connectivity index (χ1v) is 14.6. The molecular weight excluding hydrogens is 537 g/mol. The van der Waals surface area contributed by atoms with Crippen LogP contribution in [0.4, 0.5) is 24.8 Å². The number of ether oxygens (including phenoxy) is 1. The average molecular weight is 567 g/mol. The highest BCUT2D eigenvalue weighted by atomic mass is 32.2. The van der Waals surface area contributed by atoms with E-state index in [0.29, 0.717) is 57.1 Å². The first-order chi connectivity index (χ1) is 18.4. The third-order valence-electron chi connectivity index (χ3n) is 7.52. The molecular formula is C24H29F3N8O3S. The van der Waals surface area contributed by atoms with Gasteiger partial charge in [0, 0.05) is 58.2 Å². The number of nitrogens with two attached hydrogens (primary N) is 1. The van der Waals surface area contributed by atoms with Crippen molar-refractivity contribution in [2.24, 2.45) is 0 Å². The Balaban J connectivity index is 1.38. The molecule has 0 radical (unpaired) electrons. The zero-order valence-electron chi connectivity index (χ0n) is 21.3. The number of rotatable bonds is 5. The van der Waals surface area contributed by atoms with Gasteiger partial charge in [-0.2, -0.15) is 17.5 Å². The molecule has 0 aromatic carbocycles. The number of hydrogen-bond donors (Lipinski definition) is 1. The number of alkyl halides is 3. The van der Waals surface area contributed by atoms with Crippen molar-refractivity contribution < 1.29 is 26.3 Å². The molecule has 0 spiro atoms. The van der Waals surface area contributed by atoms with Crippen LogP contribution in [0.1, 0.15) is 24.0 Å². The van der Waals surface area contributed by atoms with Gasteiger partial charge in [-0.05, 0) is 30.5 Å². The SMILES string of the molecule is CS(=O)(=O)N1CCN(Cc2cc3c(N4CC5CCC(C4)O5)nc(-c4cnc(N)cc4C(F)(F)F)nn3c2)CC1. The Morgan fingerprint density at radius 1 is 1.10 bits per heavy atom. The van der Waals surface area contributed by atoms with Gasteiger partial charge in [0.15, 0.2) is 11.6 Å². The van der Waals surface area contributed by atoms with E-state index in [-0.39, 0.29) is 29.4 Å². The average Bonchev–Trinajstić information content (AvgIpc) is 3.43. The highest BCUT2D eigenvalue weighted by Crippen LogP contribution is 2.38. The van der Waals surface area contributed by atoms with Crippen molar-refractivity contribution in [1.82, 2.24) is 28.8 Å². The summed E-state index contributed by atoms with van der Waals surface area (Å²) in [4.78, 5) is 12.8. The van der Waals surface area contributed by atoms with E-state index in [1.54, 1.807) is 10.7 Å². The van der Waals surface area contributed by atoms with Gasteiger partial charge >= 0.3 is 6.18 Å². The van der Waals surface area contributed by atoms with Gasteiger partial charge in [0.25, 0.3) is 0 Å². The maximum atomic E-state index is 13.9. The first-order valence-electron chi connectivity index (χ1n) is 12.7. The van der Waals surface area contributed by atoms with Gasteiger partial charge in [-0.25, -0.2) is 22.9 Å². The number of anilines is 2. The van der Waals surface area contributed by atoms with E-state index in [1.165, 1.54) is 10.6 Å². The summed E-state index contributed by atoms with van der Waals surface area (Å²) >= 11 is 0. The molecule has 2 atom stereocenters. The number of hydrogen-bond acceptors (Lipinski definition) is 9. The summed E-state index contributed by atoms with van der Waals surface area (Å²) in [5.74, 6) is 0.203. The minimum Gasteiger partial charge on any atom is -0.384 e. The zero-order chi connectivity index (χ0) is 27.5. The molecule has 210 valence electrons. The van der Waals surface area contributed by atoms with E-state index >= 15 is 0 Å². The van der Waals surface area contributed by atoms with Gasteiger partial charge in [0.1, 0.15) is 11.3 Å². The molecule has 3 aliphatic heterocycles. The quantitative estimate of drug-likeness (QED) is 0.493. The summed E-state index contributed by atoms with van der Waals surface area (Å²) in [5, 5.41) is 4.48. The van der Waals surface area contributed by atoms with E-state index in [0.717, 1.165) is 30.7 Å². The maximum Gasteiger partial charge on any atom is 0.417 e. The minimum absolute atomic E-state index is 0.0479. The second-order valence-electron chi connectivity index (χ2n) is 10.4. The number of aromatic nitrogens is 4. The Bertz CT molecular complexity index is 1490. The normalized spacial score (nSPS) is 23.1. The fourth-order valence-corrected chi connectivity index (χ4v) is 6.45. The number of halogens is 3. The number of morpholine rings is 1. The van der Waals surface area contributed by atoms with Gasteiger partial charge in [0.05, 0.1) is 29.6 Å². The molecule has 0 saturated carbocycles. The highest BCUT2D eigenvalue weighted by molar-refractivity contribution is 7.88. The lowest BCUT2D eigenvalue weighted by molar-refractivity contribution is -0.137. The number of piperazine rings is 1. The number of sulfonamides is 1. The summed E-state index contributed by atoms with van der Waals surface area (Å²) in [5.41, 5.74) is 5.97. The second kappa shape index (κ2) is 9.57. The number of nitrogen functional groups attached to an aromatic ring is 1. The largest absolute Gasteiger partial charge is 0.417 e. The molecule has 2 unspecified atom stereocenters. The van der Waals surface area contributed by atoms with Crippen molar-refractivity contribution in [1.29, 1.82) is 0 Å². The van der Waals surface area contributed by atoms with Crippen molar-refractivity contribution in [3.63, 3.8) is 0 Å². The highest BCUT2D eigenvalue weighted by Gasteiger charge is 2.37. The zero-order valence-corrected chi connectivity index (χ0v) is 22.1. The lowest BCUT2D eigenvalue weighted by Gasteiger charge is -2.33. The lowest BCUT2D eigenvalue weighted by Crippen LogP contribution is -2.47. The van der Waals surface area contributed by atoms with Gasteiger partial charge < -0.3 is 15.4 Å². The van der Waals surface area contributed by atoms with Crippen molar-refractivity contribution in [3.8, 4) is 11.4 Å². The van der Waals surface area contributed by atoms with Crippen LogP contribution in [0.2, 0.25) is 0 Å². The third kappa shape index (κ3) is 5.27. The third-order valence-corrected chi connectivity index (χ3v) is 8.82. The van der Waals surface area contributed by atoms with E-state index in [9.17, 15) is 21.6 Å². The Hall–Kier alpha value is -3.01. The van der Waals surface area contributed by atoms with Gasteiger partial charge in [-0.15, -0.1) is 5.10 Å². The molecule has 15 heteroatoms. The second-order valence-corrected chi connectivity index (χ2v) is 12.4. The number of pyridine rings is 1. The number of nitrogens with zero attached hydrogens (tertiary/aromatic N) is 7. The van der Waals surface area contributed by atoms with Crippen molar-refractivity contribution >= 4 is 27.2 Å². The molecule has 0 amide bonds. The van der Waals surface area contributed by atoms with Crippen LogP contribution in [-0.4, -0.2) is 94.9 Å². The standard InChI is InChI=1S/C24H29F3N8O3S/c1-39(36,37)34-6-4-32(5-7-34)11-15-8-20-23(33-13-16-2-3-17(14-33)38-16)30-22(31-35(20)12-15)18-10-29-21(28)9-19(18)24(25,26)27/h8-10,12,16-17H,2-7,11,13-14H2,1H3,(H2,28,29). The minimum atomic E-state index is -4.67. The predicted octanol–water partition coefficient (Wildman–Crippen LogP) is 1.84. The molecule has 6 rings (SSSR count). The van der Waals surface area contributed by atoms with E-state index in [1.807, 2.05) is 6.07 Å². The molecule has 3 aromatic heterocycles. The van der Waals surface area contributed by atoms with Crippen LogP contribution in [0.15, 0.2) is 24.5 Å². The van der Waals surface area contributed by atoms with Crippen molar-refractivity contribution in [3.05, 3.63) is 35.7 Å². The van der Waals surface area contributed by atoms with Crippen LogP contribution >= 0.6 is 0 Å².